The van der Waals surface area contributed by atoms with Crippen LogP contribution in [0.3, 0.4) is 0 Å². The first-order valence-corrected chi connectivity index (χ1v) is 5.49. The molecule has 6 heteroatoms. The maximum absolute atomic E-state index is 12.1. The molecule has 1 aromatic carbocycles. The van der Waals surface area contributed by atoms with E-state index >= 15 is 0 Å². The van der Waals surface area contributed by atoms with Crippen LogP contribution in [0.1, 0.15) is 5.56 Å². The lowest BCUT2D eigenvalue weighted by molar-refractivity contribution is -0.144. The van der Waals surface area contributed by atoms with Gasteiger partial charge in [0.25, 0.3) is 0 Å². The zero-order valence-electron chi connectivity index (χ0n) is 8.79. The summed E-state index contributed by atoms with van der Waals surface area (Å²) in [5.41, 5.74) is 0.838. The fourth-order valence-corrected chi connectivity index (χ4v) is 1.64. The summed E-state index contributed by atoms with van der Waals surface area (Å²) in [6.45, 7) is -0.630. The largest absolute Gasteiger partial charge is 0.401 e. The Labute approximate surface area is 96.7 Å². The highest BCUT2D eigenvalue weighted by Gasteiger charge is 2.28. The molecular formula is C10H13F3N2S. The average Bonchev–Trinajstić information content (AvgIpc) is 2.16. The van der Waals surface area contributed by atoms with Crippen molar-refractivity contribution in [2.24, 2.45) is 5.14 Å². The van der Waals surface area contributed by atoms with E-state index in [1.807, 2.05) is 0 Å². The molecule has 90 valence electrons. The summed E-state index contributed by atoms with van der Waals surface area (Å²) in [6, 6.07) is 7.15. The Bertz CT molecular complexity index is 324. The molecule has 0 aliphatic heterocycles. The van der Waals surface area contributed by atoms with E-state index in [0.717, 1.165) is 22.4 Å². The molecule has 0 saturated heterocycles. The molecular weight excluding hydrogens is 237 g/mol. The summed E-state index contributed by atoms with van der Waals surface area (Å²) in [5, 5.41) is 5.34. The molecule has 0 amide bonds. The van der Waals surface area contributed by atoms with Crippen molar-refractivity contribution in [3.63, 3.8) is 0 Å². The van der Waals surface area contributed by atoms with Crippen LogP contribution in [0.25, 0.3) is 0 Å². The Kier molecular flexibility index (Phi) is 4.64. The summed E-state index contributed by atoms with van der Waals surface area (Å²) in [4.78, 5) is 2.12. The summed E-state index contributed by atoms with van der Waals surface area (Å²) in [6.07, 6.45) is -4.15. The van der Waals surface area contributed by atoms with E-state index in [4.69, 9.17) is 5.14 Å². The van der Waals surface area contributed by atoms with Crippen LogP contribution in [0.15, 0.2) is 29.2 Å². The maximum Gasteiger partial charge on any atom is 0.401 e. The molecule has 0 aliphatic carbocycles. The molecule has 0 bridgehead atoms. The van der Waals surface area contributed by atoms with Gasteiger partial charge in [-0.15, -0.1) is 0 Å². The van der Waals surface area contributed by atoms with Gasteiger partial charge in [-0.05, 0) is 36.7 Å². The third kappa shape index (κ3) is 4.87. The zero-order chi connectivity index (χ0) is 12.2. The van der Waals surface area contributed by atoms with Crippen LogP contribution in [-0.2, 0) is 6.54 Å². The lowest BCUT2D eigenvalue weighted by atomic mass is 10.2. The van der Waals surface area contributed by atoms with Gasteiger partial charge in [-0.2, -0.15) is 13.2 Å². The van der Waals surface area contributed by atoms with E-state index < -0.39 is 12.7 Å². The molecule has 0 spiro atoms. The van der Waals surface area contributed by atoms with Gasteiger partial charge in [-0.25, -0.2) is 0 Å². The first kappa shape index (κ1) is 13.3. The van der Waals surface area contributed by atoms with Gasteiger partial charge in [0.15, 0.2) is 0 Å². The molecule has 1 aromatic rings. The maximum atomic E-state index is 12.1. The highest BCUT2D eigenvalue weighted by atomic mass is 32.2. The van der Waals surface area contributed by atoms with Crippen molar-refractivity contribution in [2.45, 2.75) is 17.6 Å². The van der Waals surface area contributed by atoms with E-state index in [-0.39, 0.29) is 6.54 Å². The van der Waals surface area contributed by atoms with Gasteiger partial charge in [0.2, 0.25) is 0 Å². The summed E-state index contributed by atoms with van der Waals surface area (Å²) >= 11 is 1.11. The van der Waals surface area contributed by atoms with Crippen LogP contribution in [0.4, 0.5) is 13.2 Å². The molecule has 0 aromatic heterocycles. The third-order valence-corrected chi connectivity index (χ3v) is 2.51. The van der Waals surface area contributed by atoms with Gasteiger partial charge in [-0.3, -0.25) is 10.0 Å². The molecule has 0 saturated carbocycles. The number of halogens is 3. The second kappa shape index (κ2) is 5.56. The van der Waals surface area contributed by atoms with Crippen molar-refractivity contribution in [3.8, 4) is 0 Å². The highest BCUT2D eigenvalue weighted by molar-refractivity contribution is 7.97. The Hall–Kier alpha value is -0.720. The second-order valence-corrected chi connectivity index (χ2v) is 4.26. The van der Waals surface area contributed by atoms with Gasteiger partial charge in [-0.1, -0.05) is 12.1 Å². The molecule has 0 atom stereocenters. The first-order chi connectivity index (χ1) is 7.40. The van der Waals surface area contributed by atoms with Crippen molar-refractivity contribution in [1.29, 1.82) is 0 Å². The molecule has 0 aliphatic rings. The van der Waals surface area contributed by atoms with Gasteiger partial charge < -0.3 is 0 Å². The van der Waals surface area contributed by atoms with Crippen LogP contribution < -0.4 is 5.14 Å². The van der Waals surface area contributed by atoms with E-state index in [9.17, 15) is 13.2 Å². The minimum atomic E-state index is -4.15. The van der Waals surface area contributed by atoms with Crippen molar-refractivity contribution in [2.75, 3.05) is 13.6 Å². The topological polar surface area (TPSA) is 29.3 Å². The molecule has 0 radical (unpaired) electrons. The summed E-state index contributed by atoms with van der Waals surface area (Å²) < 4.78 is 36.2. The number of alkyl halides is 3. The van der Waals surface area contributed by atoms with Crippen molar-refractivity contribution in [3.05, 3.63) is 29.8 Å². The second-order valence-electron chi connectivity index (χ2n) is 3.55. The average molecular weight is 250 g/mol. The molecule has 2 N–H and O–H groups in total. The fraction of sp³-hybridized carbons (Fsp3) is 0.400. The normalized spacial score (nSPS) is 12.1. The van der Waals surface area contributed by atoms with E-state index in [1.165, 1.54) is 11.9 Å². The quantitative estimate of drug-likeness (QED) is 0.833. The van der Waals surface area contributed by atoms with Crippen LogP contribution in [0, 0.1) is 0 Å². The van der Waals surface area contributed by atoms with Crippen LogP contribution >= 0.6 is 11.9 Å². The Morgan fingerprint density at radius 2 is 1.81 bits per heavy atom. The minimum Gasteiger partial charge on any atom is -0.294 e. The standard InChI is InChI=1S/C10H13F3N2S/c1-15(7-10(11,12)13)6-8-2-4-9(16-14)5-3-8/h2-5H,6-7,14H2,1H3. The Morgan fingerprint density at radius 3 is 2.25 bits per heavy atom. The molecule has 1 rings (SSSR count). The predicted molar refractivity (Wildman–Crippen MR) is 58.9 cm³/mol. The Balaban J connectivity index is 2.53. The summed E-state index contributed by atoms with van der Waals surface area (Å²) in [7, 11) is 1.44. The Morgan fingerprint density at radius 1 is 1.25 bits per heavy atom. The van der Waals surface area contributed by atoms with E-state index in [2.05, 4.69) is 0 Å². The van der Waals surface area contributed by atoms with E-state index in [0.29, 0.717) is 0 Å². The summed E-state index contributed by atoms with van der Waals surface area (Å²) in [5.74, 6) is 0. The fourth-order valence-electron chi connectivity index (χ4n) is 1.35. The van der Waals surface area contributed by atoms with Gasteiger partial charge >= 0.3 is 6.18 Å². The minimum absolute atomic E-state index is 0.273. The number of rotatable bonds is 4. The molecule has 16 heavy (non-hydrogen) atoms. The third-order valence-electron chi connectivity index (χ3n) is 1.96. The number of nitrogens with zero attached hydrogens (tertiary/aromatic N) is 1. The number of hydrogen-bond acceptors (Lipinski definition) is 3. The zero-order valence-corrected chi connectivity index (χ0v) is 9.61. The van der Waals surface area contributed by atoms with Gasteiger partial charge in [0, 0.05) is 11.4 Å². The lowest BCUT2D eigenvalue weighted by Crippen LogP contribution is -2.30. The molecule has 2 nitrogen and oxygen atoms in total. The number of nitrogens with two attached hydrogens (primary N) is 1. The van der Waals surface area contributed by atoms with Crippen molar-refractivity contribution in [1.82, 2.24) is 4.90 Å². The van der Waals surface area contributed by atoms with Crippen molar-refractivity contribution >= 4 is 11.9 Å². The lowest BCUT2D eigenvalue weighted by Gasteiger charge is -2.18. The SMILES string of the molecule is CN(Cc1ccc(SN)cc1)CC(F)(F)F. The van der Waals surface area contributed by atoms with Gasteiger partial charge in [0.05, 0.1) is 6.54 Å². The molecule has 0 heterocycles. The van der Waals surface area contributed by atoms with E-state index in [1.54, 1.807) is 24.3 Å². The van der Waals surface area contributed by atoms with Crippen LogP contribution in [-0.4, -0.2) is 24.7 Å². The van der Waals surface area contributed by atoms with Crippen LogP contribution in [0.2, 0.25) is 0 Å². The molecule has 0 fully saturated rings. The van der Waals surface area contributed by atoms with Crippen molar-refractivity contribution < 1.29 is 13.2 Å². The van der Waals surface area contributed by atoms with Gasteiger partial charge in [0.1, 0.15) is 0 Å². The van der Waals surface area contributed by atoms with Crippen LogP contribution in [0.5, 0.6) is 0 Å². The molecule has 0 unspecified atom stereocenters. The number of hydrogen-bond donors (Lipinski definition) is 1. The monoisotopic (exact) mass is 250 g/mol. The smallest absolute Gasteiger partial charge is 0.294 e. The highest BCUT2D eigenvalue weighted by Crippen LogP contribution is 2.18. The first-order valence-electron chi connectivity index (χ1n) is 4.61. The predicted octanol–water partition coefficient (Wildman–Crippen LogP) is 2.65. The number of benzene rings is 1.